The predicted molar refractivity (Wildman–Crippen MR) is 62.1 cm³/mol. The number of hydrogen-bond acceptors (Lipinski definition) is 3. The Labute approximate surface area is 95.3 Å². The molecule has 0 bridgehead atoms. The van der Waals surface area contributed by atoms with Gasteiger partial charge in [0, 0.05) is 0 Å². The van der Waals surface area contributed by atoms with Crippen LogP contribution in [-0.2, 0) is 10.1 Å². The predicted octanol–water partition coefficient (Wildman–Crippen LogP) is 1.90. The molecule has 1 rings (SSSR count). The van der Waals surface area contributed by atoms with Crippen LogP contribution >= 0.6 is 0 Å². The van der Waals surface area contributed by atoms with Crippen LogP contribution in [0.3, 0.4) is 0 Å². The van der Waals surface area contributed by atoms with Crippen LogP contribution < -0.4 is 4.74 Å². The van der Waals surface area contributed by atoms with Crippen LogP contribution in [0.15, 0.2) is 43.0 Å². The molecule has 5 heteroatoms. The van der Waals surface area contributed by atoms with Crippen molar-refractivity contribution < 1.29 is 17.7 Å². The summed E-state index contributed by atoms with van der Waals surface area (Å²) in [6.45, 7) is 3.35. The Balaban J connectivity index is 2.61. The number of allylic oxidation sites excluding steroid dienone is 1. The lowest BCUT2D eigenvalue weighted by Gasteiger charge is -2.13. The first-order valence-electron chi connectivity index (χ1n) is 4.79. The maximum absolute atomic E-state index is 11.0. The van der Waals surface area contributed by atoms with Crippen LogP contribution in [0, 0.1) is 0 Å². The van der Waals surface area contributed by atoms with E-state index in [-0.39, 0.29) is 13.0 Å². The van der Waals surface area contributed by atoms with Crippen molar-refractivity contribution in [2.45, 2.75) is 11.7 Å². The average Bonchev–Trinajstić information content (AvgIpc) is 2.24. The first-order chi connectivity index (χ1) is 7.54. The van der Waals surface area contributed by atoms with E-state index in [0.717, 1.165) is 0 Å². The fourth-order valence-corrected chi connectivity index (χ4v) is 1.79. The van der Waals surface area contributed by atoms with Gasteiger partial charge in [0.2, 0.25) is 0 Å². The molecule has 1 aromatic carbocycles. The molecule has 0 heterocycles. The highest BCUT2D eigenvalue weighted by Gasteiger charge is 2.22. The summed E-state index contributed by atoms with van der Waals surface area (Å²) >= 11 is 0. The molecule has 1 unspecified atom stereocenters. The van der Waals surface area contributed by atoms with E-state index in [2.05, 4.69) is 6.58 Å². The quantitative estimate of drug-likeness (QED) is 0.611. The van der Waals surface area contributed by atoms with Crippen LogP contribution in [0.2, 0.25) is 0 Å². The molecular weight excluding hydrogens is 228 g/mol. The molecule has 16 heavy (non-hydrogen) atoms. The van der Waals surface area contributed by atoms with E-state index in [0.29, 0.717) is 5.75 Å². The lowest BCUT2D eigenvalue weighted by atomic mass is 10.3. The summed E-state index contributed by atoms with van der Waals surface area (Å²) in [6, 6.07) is 8.83. The fourth-order valence-electron chi connectivity index (χ4n) is 1.17. The van der Waals surface area contributed by atoms with E-state index < -0.39 is 15.4 Å². The first-order valence-corrected chi connectivity index (χ1v) is 6.29. The summed E-state index contributed by atoms with van der Waals surface area (Å²) in [6.07, 6.45) is 1.60. The monoisotopic (exact) mass is 242 g/mol. The van der Waals surface area contributed by atoms with Crippen LogP contribution in [0.5, 0.6) is 5.75 Å². The Morgan fingerprint density at radius 1 is 1.38 bits per heavy atom. The van der Waals surface area contributed by atoms with Gasteiger partial charge in [-0.15, -0.1) is 6.58 Å². The summed E-state index contributed by atoms with van der Waals surface area (Å²) in [5.74, 6) is 0.570. The number of rotatable bonds is 6. The van der Waals surface area contributed by atoms with Gasteiger partial charge in [0.25, 0.3) is 10.1 Å². The summed E-state index contributed by atoms with van der Waals surface area (Å²) in [7, 11) is -4.09. The third-order valence-electron chi connectivity index (χ3n) is 2.03. The van der Waals surface area contributed by atoms with Crippen molar-refractivity contribution >= 4 is 10.1 Å². The van der Waals surface area contributed by atoms with Crippen molar-refractivity contribution in [1.29, 1.82) is 0 Å². The Morgan fingerprint density at radius 3 is 2.50 bits per heavy atom. The summed E-state index contributed by atoms with van der Waals surface area (Å²) in [5, 5.41) is -0.967. The van der Waals surface area contributed by atoms with Gasteiger partial charge in [-0.05, 0) is 18.6 Å². The SMILES string of the molecule is C=CCC(COc1ccccc1)S(=O)(=O)O. The normalized spacial score (nSPS) is 13.1. The molecule has 0 aliphatic rings. The van der Waals surface area contributed by atoms with Crippen molar-refractivity contribution in [3.63, 3.8) is 0 Å². The lowest BCUT2D eigenvalue weighted by molar-refractivity contribution is 0.305. The highest BCUT2D eigenvalue weighted by Crippen LogP contribution is 2.12. The van der Waals surface area contributed by atoms with Crippen LogP contribution in [-0.4, -0.2) is 24.8 Å². The number of benzene rings is 1. The first kappa shape index (κ1) is 12.7. The standard InChI is InChI=1S/C11H14O4S/c1-2-6-11(16(12,13)14)9-15-10-7-4-3-5-8-10/h2-5,7-8,11H,1,6,9H2,(H,12,13,14). The second-order valence-electron chi connectivity index (χ2n) is 3.29. The van der Waals surface area contributed by atoms with Crippen molar-refractivity contribution in [2.75, 3.05) is 6.61 Å². The van der Waals surface area contributed by atoms with Gasteiger partial charge >= 0.3 is 0 Å². The minimum absolute atomic E-state index is 0.0884. The zero-order chi connectivity index (χ0) is 12.0. The van der Waals surface area contributed by atoms with Crippen molar-refractivity contribution in [3.8, 4) is 5.75 Å². The molecule has 0 amide bonds. The Bertz CT molecular complexity index is 425. The highest BCUT2D eigenvalue weighted by molar-refractivity contribution is 7.86. The second-order valence-corrected chi connectivity index (χ2v) is 4.98. The van der Waals surface area contributed by atoms with Crippen molar-refractivity contribution in [1.82, 2.24) is 0 Å². The van der Waals surface area contributed by atoms with E-state index in [1.807, 2.05) is 6.07 Å². The molecule has 4 nitrogen and oxygen atoms in total. The third-order valence-corrected chi connectivity index (χ3v) is 3.20. The molecule has 0 aromatic heterocycles. The Morgan fingerprint density at radius 2 is 2.00 bits per heavy atom. The van der Waals surface area contributed by atoms with Gasteiger partial charge in [-0.3, -0.25) is 4.55 Å². The molecule has 0 aliphatic heterocycles. The number of hydrogen-bond donors (Lipinski definition) is 1. The maximum atomic E-state index is 11.0. The van der Waals surface area contributed by atoms with E-state index in [4.69, 9.17) is 9.29 Å². The summed E-state index contributed by atoms with van der Waals surface area (Å²) in [5.41, 5.74) is 0. The van der Waals surface area contributed by atoms with Crippen molar-refractivity contribution in [2.24, 2.45) is 0 Å². The van der Waals surface area contributed by atoms with E-state index in [1.165, 1.54) is 6.08 Å². The molecule has 0 saturated heterocycles. The van der Waals surface area contributed by atoms with E-state index in [1.54, 1.807) is 24.3 Å². The summed E-state index contributed by atoms with van der Waals surface area (Å²) < 4.78 is 36.1. The fraction of sp³-hybridized carbons (Fsp3) is 0.273. The van der Waals surface area contributed by atoms with Crippen molar-refractivity contribution in [3.05, 3.63) is 43.0 Å². The van der Waals surface area contributed by atoms with Gasteiger partial charge in [0.15, 0.2) is 0 Å². The van der Waals surface area contributed by atoms with Crippen LogP contribution in [0.25, 0.3) is 0 Å². The average molecular weight is 242 g/mol. The topological polar surface area (TPSA) is 63.6 Å². The summed E-state index contributed by atoms with van der Waals surface area (Å²) in [4.78, 5) is 0. The molecule has 0 spiro atoms. The van der Waals surface area contributed by atoms with Crippen LogP contribution in [0.1, 0.15) is 6.42 Å². The largest absolute Gasteiger partial charge is 0.492 e. The van der Waals surface area contributed by atoms with Crippen LogP contribution in [0.4, 0.5) is 0 Å². The molecule has 0 saturated carbocycles. The van der Waals surface area contributed by atoms with Gasteiger partial charge in [-0.2, -0.15) is 8.42 Å². The zero-order valence-corrected chi connectivity index (χ0v) is 9.56. The number of para-hydroxylation sites is 1. The molecule has 0 fully saturated rings. The van der Waals surface area contributed by atoms with Gasteiger partial charge < -0.3 is 4.74 Å². The molecular formula is C11H14O4S. The number of ether oxygens (including phenoxy) is 1. The maximum Gasteiger partial charge on any atom is 0.271 e. The van der Waals surface area contributed by atoms with E-state index >= 15 is 0 Å². The molecule has 1 N–H and O–H groups in total. The van der Waals surface area contributed by atoms with Gasteiger partial charge in [-0.25, -0.2) is 0 Å². The minimum Gasteiger partial charge on any atom is -0.492 e. The molecule has 1 atom stereocenters. The van der Waals surface area contributed by atoms with Gasteiger partial charge in [-0.1, -0.05) is 24.3 Å². The highest BCUT2D eigenvalue weighted by atomic mass is 32.2. The Kier molecular flexibility index (Phi) is 4.52. The smallest absolute Gasteiger partial charge is 0.271 e. The molecule has 88 valence electrons. The lowest BCUT2D eigenvalue weighted by Crippen LogP contribution is -2.27. The second kappa shape index (κ2) is 5.67. The minimum atomic E-state index is -4.09. The third kappa shape index (κ3) is 4.04. The molecule has 0 radical (unpaired) electrons. The van der Waals surface area contributed by atoms with Gasteiger partial charge in [0.1, 0.15) is 17.6 Å². The Hall–Kier alpha value is -1.33. The molecule has 0 aliphatic carbocycles. The molecule has 1 aromatic rings. The van der Waals surface area contributed by atoms with Gasteiger partial charge in [0.05, 0.1) is 0 Å². The van der Waals surface area contributed by atoms with E-state index in [9.17, 15) is 8.42 Å². The zero-order valence-electron chi connectivity index (χ0n) is 8.74.